The molecule has 1 aromatic carbocycles. The number of rotatable bonds is 8. The summed E-state index contributed by atoms with van der Waals surface area (Å²) in [4.78, 5) is 12.7. The number of amides is 1. The molecule has 1 fully saturated rings. The van der Waals surface area contributed by atoms with E-state index in [1.807, 2.05) is 18.2 Å². The van der Waals surface area contributed by atoms with E-state index < -0.39 is 0 Å². The minimum Gasteiger partial charge on any atom is -0.497 e. The van der Waals surface area contributed by atoms with Crippen LogP contribution in [0.15, 0.2) is 18.2 Å². The molecular formula is C21H29N3O3. The van der Waals surface area contributed by atoms with Crippen molar-refractivity contribution >= 4 is 11.6 Å². The fraction of sp³-hybridized carbons (Fsp3) is 0.524. The SMILES string of the molecule is CCCc1[nH]nc(-c2cc(OC)ccc2OC)c1NC(=O)CC1CCCC1. The maximum absolute atomic E-state index is 12.7. The lowest BCUT2D eigenvalue weighted by Crippen LogP contribution is -2.16. The summed E-state index contributed by atoms with van der Waals surface area (Å²) in [6.45, 7) is 2.11. The maximum atomic E-state index is 12.7. The maximum Gasteiger partial charge on any atom is 0.224 e. The van der Waals surface area contributed by atoms with Gasteiger partial charge in [0.25, 0.3) is 0 Å². The molecule has 1 aliphatic rings. The molecule has 0 aliphatic heterocycles. The minimum absolute atomic E-state index is 0.0590. The van der Waals surface area contributed by atoms with Gasteiger partial charge in [-0.2, -0.15) is 5.10 Å². The number of anilines is 1. The Kier molecular flexibility index (Phi) is 6.37. The topological polar surface area (TPSA) is 76.2 Å². The number of H-pyrrole nitrogens is 1. The van der Waals surface area contributed by atoms with E-state index in [2.05, 4.69) is 22.4 Å². The standard InChI is InChI=1S/C21H29N3O3/c1-4-7-17-21(22-19(25)12-14-8-5-6-9-14)20(24-23-17)16-13-15(26-2)10-11-18(16)27-3/h10-11,13-14H,4-9,12H2,1-3H3,(H,22,25)(H,23,24). The van der Waals surface area contributed by atoms with Crippen molar-refractivity contribution in [1.29, 1.82) is 0 Å². The molecule has 1 heterocycles. The molecule has 1 aliphatic carbocycles. The third-order valence-electron chi connectivity index (χ3n) is 5.22. The third-order valence-corrected chi connectivity index (χ3v) is 5.22. The van der Waals surface area contributed by atoms with Gasteiger partial charge >= 0.3 is 0 Å². The number of nitrogens with zero attached hydrogens (tertiary/aromatic N) is 1. The van der Waals surface area contributed by atoms with E-state index in [0.717, 1.165) is 42.6 Å². The van der Waals surface area contributed by atoms with E-state index in [9.17, 15) is 4.79 Å². The van der Waals surface area contributed by atoms with E-state index >= 15 is 0 Å². The number of carbonyl (C=O) groups excluding carboxylic acids is 1. The van der Waals surface area contributed by atoms with Gasteiger partial charge in [0, 0.05) is 12.0 Å². The molecule has 0 saturated heterocycles. The van der Waals surface area contributed by atoms with Gasteiger partial charge in [-0.25, -0.2) is 0 Å². The van der Waals surface area contributed by atoms with Gasteiger partial charge in [-0.05, 0) is 43.4 Å². The minimum atomic E-state index is 0.0590. The second-order valence-electron chi connectivity index (χ2n) is 7.14. The van der Waals surface area contributed by atoms with E-state index in [4.69, 9.17) is 9.47 Å². The molecule has 0 spiro atoms. The molecule has 0 unspecified atom stereocenters. The molecule has 1 aromatic heterocycles. The van der Waals surface area contributed by atoms with Crippen LogP contribution in [-0.2, 0) is 11.2 Å². The average molecular weight is 371 g/mol. The van der Waals surface area contributed by atoms with E-state index in [0.29, 0.717) is 29.5 Å². The largest absolute Gasteiger partial charge is 0.497 e. The van der Waals surface area contributed by atoms with Crippen LogP contribution >= 0.6 is 0 Å². The Morgan fingerprint density at radius 3 is 2.70 bits per heavy atom. The van der Waals surface area contributed by atoms with Gasteiger partial charge in [0.15, 0.2) is 0 Å². The van der Waals surface area contributed by atoms with Gasteiger partial charge < -0.3 is 14.8 Å². The molecule has 1 amide bonds. The zero-order valence-electron chi connectivity index (χ0n) is 16.4. The van der Waals surface area contributed by atoms with Crippen molar-refractivity contribution in [3.05, 3.63) is 23.9 Å². The summed E-state index contributed by atoms with van der Waals surface area (Å²) in [5.74, 6) is 1.97. The first-order valence-electron chi connectivity index (χ1n) is 9.75. The van der Waals surface area contributed by atoms with Gasteiger partial charge in [-0.1, -0.05) is 26.2 Å². The van der Waals surface area contributed by atoms with Gasteiger partial charge in [-0.15, -0.1) is 0 Å². The van der Waals surface area contributed by atoms with Gasteiger partial charge in [0.1, 0.15) is 17.2 Å². The molecule has 2 N–H and O–H groups in total. The van der Waals surface area contributed by atoms with Crippen LogP contribution in [0.1, 0.15) is 51.1 Å². The monoisotopic (exact) mass is 371 g/mol. The first-order chi connectivity index (χ1) is 13.2. The molecule has 0 atom stereocenters. The van der Waals surface area contributed by atoms with Crippen LogP contribution < -0.4 is 14.8 Å². The van der Waals surface area contributed by atoms with Gasteiger partial charge in [0.05, 0.1) is 25.6 Å². The van der Waals surface area contributed by atoms with Crippen LogP contribution in [0.3, 0.4) is 0 Å². The molecule has 27 heavy (non-hydrogen) atoms. The Morgan fingerprint density at radius 2 is 2.04 bits per heavy atom. The number of aryl methyl sites for hydroxylation is 1. The summed E-state index contributed by atoms with van der Waals surface area (Å²) >= 11 is 0. The number of methoxy groups -OCH3 is 2. The fourth-order valence-electron chi connectivity index (χ4n) is 3.80. The van der Waals surface area contributed by atoms with Crippen LogP contribution in [0.25, 0.3) is 11.3 Å². The number of ether oxygens (including phenoxy) is 2. The van der Waals surface area contributed by atoms with Crippen molar-refractivity contribution in [3.8, 4) is 22.8 Å². The zero-order valence-corrected chi connectivity index (χ0v) is 16.4. The highest BCUT2D eigenvalue weighted by Gasteiger charge is 2.23. The first-order valence-corrected chi connectivity index (χ1v) is 9.75. The molecule has 0 bridgehead atoms. The van der Waals surface area contributed by atoms with Crippen molar-refractivity contribution in [3.63, 3.8) is 0 Å². The number of aromatic amines is 1. The number of hydrogen-bond donors (Lipinski definition) is 2. The smallest absolute Gasteiger partial charge is 0.224 e. The number of hydrogen-bond acceptors (Lipinski definition) is 4. The van der Waals surface area contributed by atoms with Crippen LogP contribution in [-0.4, -0.2) is 30.3 Å². The summed E-state index contributed by atoms with van der Waals surface area (Å²) in [6.07, 6.45) is 7.12. The highest BCUT2D eigenvalue weighted by atomic mass is 16.5. The molecule has 3 rings (SSSR count). The highest BCUT2D eigenvalue weighted by molar-refractivity contribution is 5.96. The Bertz CT molecular complexity index is 779. The van der Waals surface area contributed by atoms with Crippen molar-refractivity contribution in [2.24, 2.45) is 5.92 Å². The summed E-state index contributed by atoms with van der Waals surface area (Å²) in [6, 6.07) is 5.59. The molecule has 146 valence electrons. The summed E-state index contributed by atoms with van der Waals surface area (Å²) in [5.41, 5.74) is 3.18. The molecular weight excluding hydrogens is 342 g/mol. The van der Waals surface area contributed by atoms with Crippen molar-refractivity contribution in [2.45, 2.75) is 51.9 Å². The van der Waals surface area contributed by atoms with Crippen LogP contribution in [0, 0.1) is 5.92 Å². The van der Waals surface area contributed by atoms with Gasteiger partial charge in [-0.3, -0.25) is 9.89 Å². The third kappa shape index (κ3) is 4.43. The van der Waals surface area contributed by atoms with Crippen LogP contribution in [0.5, 0.6) is 11.5 Å². The zero-order chi connectivity index (χ0) is 19.2. The molecule has 1 saturated carbocycles. The molecule has 6 heteroatoms. The summed E-state index contributed by atoms with van der Waals surface area (Å²) < 4.78 is 10.9. The predicted octanol–water partition coefficient (Wildman–Crippen LogP) is 4.57. The van der Waals surface area contributed by atoms with Crippen molar-refractivity contribution in [1.82, 2.24) is 10.2 Å². The highest BCUT2D eigenvalue weighted by Crippen LogP contribution is 2.38. The molecule has 2 aromatic rings. The van der Waals surface area contributed by atoms with E-state index in [1.165, 1.54) is 12.8 Å². The first kappa shape index (κ1) is 19.3. The summed E-state index contributed by atoms with van der Waals surface area (Å²) in [7, 11) is 3.26. The van der Waals surface area contributed by atoms with E-state index in [-0.39, 0.29) is 5.91 Å². The normalized spacial score (nSPS) is 14.3. The van der Waals surface area contributed by atoms with Crippen molar-refractivity contribution < 1.29 is 14.3 Å². The number of benzene rings is 1. The molecule has 0 radical (unpaired) electrons. The number of carbonyl (C=O) groups is 1. The average Bonchev–Trinajstić information content (AvgIpc) is 3.32. The second kappa shape index (κ2) is 8.93. The molecule has 6 nitrogen and oxygen atoms in total. The van der Waals surface area contributed by atoms with Crippen molar-refractivity contribution in [2.75, 3.05) is 19.5 Å². The summed E-state index contributed by atoms with van der Waals surface area (Å²) in [5, 5.41) is 10.7. The Morgan fingerprint density at radius 1 is 1.26 bits per heavy atom. The Hall–Kier alpha value is -2.50. The Balaban J connectivity index is 1.93. The van der Waals surface area contributed by atoms with Crippen LogP contribution in [0.4, 0.5) is 5.69 Å². The lowest BCUT2D eigenvalue weighted by atomic mass is 10.0. The lowest BCUT2D eigenvalue weighted by molar-refractivity contribution is -0.117. The Labute approximate surface area is 160 Å². The quantitative estimate of drug-likeness (QED) is 0.713. The predicted molar refractivity (Wildman–Crippen MR) is 106 cm³/mol. The van der Waals surface area contributed by atoms with Crippen LogP contribution in [0.2, 0.25) is 0 Å². The number of aromatic nitrogens is 2. The van der Waals surface area contributed by atoms with E-state index in [1.54, 1.807) is 14.2 Å². The van der Waals surface area contributed by atoms with Gasteiger partial charge in [0.2, 0.25) is 5.91 Å². The number of nitrogens with one attached hydrogen (secondary N) is 2. The fourth-order valence-corrected chi connectivity index (χ4v) is 3.80. The second-order valence-corrected chi connectivity index (χ2v) is 7.14. The lowest BCUT2D eigenvalue weighted by Gasteiger charge is -2.13.